The first-order valence-electron chi connectivity index (χ1n) is 6.48. The van der Waals surface area contributed by atoms with Gasteiger partial charge in [0.1, 0.15) is 11.6 Å². The minimum absolute atomic E-state index is 0.150. The first-order valence-corrected chi connectivity index (χ1v) is 7.27. The minimum atomic E-state index is -0.759. The third kappa shape index (κ3) is 3.36. The number of nitrogens with one attached hydrogen (secondary N) is 1. The average Bonchev–Trinajstić information content (AvgIpc) is 2.50. The second-order valence-electron chi connectivity index (χ2n) is 4.94. The van der Waals surface area contributed by atoms with Gasteiger partial charge in [-0.3, -0.25) is 0 Å². The average molecular weight is 354 g/mol. The molecule has 1 atom stereocenters. The Bertz CT molecular complexity index is 635. The first kappa shape index (κ1) is 15.8. The van der Waals surface area contributed by atoms with Crippen molar-refractivity contribution in [3.8, 4) is 5.75 Å². The van der Waals surface area contributed by atoms with E-state index in [4.69, 9.17) is 4.74 Å². The molecule has 0 saturated carbocycles. The van der Waals surface area contributed by atoms with Crippen LogP contribution in [0.3, 0.4) is 0 Å². The zero-order chi connectivity index (χ0) is 15.5. The lowest BCUT2D eigenvalue weighted by atomic mass is 9.92. The topological polar surface area (TPSA) is 41.5 Å². The number of halogens is 2. The molecule has 3 nitrogen and oxygen atoms in total. The number of anilines is 1. The molecule has 5 heteroatoms. The van der Waals surface area contributed by atoms with Crippen molar-refractivity contribution in [2.24, 2.45) is 0 Å². The molecule has 0 aromatic heterocycles. The smallest absolute Gasteiger partial charge is 0.141 e. The van der Waals surface area contributed by atoms with Gasteiger partial charge >= 0.3 is 0 Å². The van der Waals surface area contributed by atoms with Crippen LogP contribution >= 0.6 is 15.9 Å². The van der Waals surface area contributed by atoms with Gasteiger partial charge in [0.25, 0.3) is 0 Å². The number of aliphatic hydroxyl groups excluding tert-OH is 1. The van der Waals surface area contributed by atoms with E-state index in [0.717, 1.165) is 11.3 Å². The number of aliphatic hydroxyl groups is 1. The van der Waals surface area contributed by atoms with E-state index < -0.39 is 5.54 Å². The number of para-hydroxylation sites is 2. The summed E-state index contributed by atoms with van der Waals surface area (Å²) in [6, 6.07) is 12.1. The molecule has 0 aliphatic rings. The Balaban J connectivity index is 2.39. The van der Waals surface area contributed by atoms with Gasteiger partial charge in [0.05, 0.1) is 29.4 Å². The maximum atomic E-state index is 13.4. The highest BCUT2D eigenvalue weighted by Crippen LogP contribution is 2.32. The maximum Gasteiger partial charge on any atom is 0.141 e. The molecular formula is C16H17BrFNO2. The zero-order valence-corrected chi connectivity index (χ0v) is 13.4. The molecule has 0 heterocycles. The molecule has 2 aromatic rings. The van der Waals surface area contributed by atoms with Gasteiger partial charge in [0, 0.05) is 0 Å². The quantitative estimate of drug-likeness (QED) is 0.855. The van der Waals surface area contributed by atoms with Gasteiger partial charge in [0.2, 0.25) is 0 Å². The van der Waals surface area contributed by atoms with Crippen LogP contribution in [0.1, 0.15) is 12.5 Å². The van der Waals surface area contributed by atoms with Crippen LogP contribution in [0.2, 0.25) is 0 Å². The predicted molar refractivity (Wildman–Crippen MR) is 85.2 cm³/mol. The molecule has 0 bridgehead atoms. The molecule has 1 unspecified atom stereocenters. The minimum Gasteiger partial charge on any atom is -0.495 e. The second-order valence-corrected chi connectivity index (χ2v) is 5.80. The van der Waals surface area contributed by atoms with Gasteiger partial charge in [0.15, 0.2) is 0 Å². The summed E-state index contributed by atoms with van der Waals surface area (Å²) in [5.41, 5.74) is 0.770. The molecule has 0 aliphatic carbocycles. The number of ether oxygens (including phenoxy) is 1. The van der Waals surface area contributed by atoms with E-state index in [9.17, 15) is 9.50 Å². The van der Waals surface area contributed by atoms with Crippen molar-refractivity contribution in [3.63, 3.8) is 0 Å². The number of benzene rings is 2. The summed E-state index contributed by atoms with van der Waals surface area (Å²) in [5.74, 6) is 0.342. The Morgan fingerprint density at radius 3 is 2.62 bits per heavy atom. The molecule has 2 N–H and O–H groups in total. The van der Waals surface area contributed by atoms with Crippen LogP contribution in [0.4, 0.5) is 10.1 Å². The van der Waals surface area contributed by atoms with Gasteiger partial charge in [-0.25, -0.2) is 4.39 Å². The zero-order valence-electron chi connectivity index (χ0n) is 11.9. The van der Waals surface area contributed by atoms with E-state index in [2.05, 4.69) is 21.2 Å². The van der Waals surface area contributed by atoms with Crippen molar-refractivity contribution in [2.45, 2.75) is 12.5 Å². The molecule has 0 spiro atoms. The fraction of sp³-hybridized carbons (Fsp3) is 0.250. The third-order valence-corrected chi connectivity index (χ3v) is 4.00. The normalized spacial score (nSPS) is 13.6. The summed E-state index contributed by atoms with van der Waals surface area (Å²) in [6.07, 6.45) is 0. The summed E-state index contributed by atoms with van der Waals surface area (Å²) < 4.78 is 19.1. The third-order valence-electron chi connectivity index (χ3n) is 3.39. The van der Waals surface area contributed by atoms with Gasteiger partial charge in [-0.1, -0.05) is 18.2 Å². The van der Waals surface area contributed by atoms with Crippen molar-refractivity contribution in [2.75, 3.05) is 19.0 Å². The standard InChI is InChI=1S/C16H17BrFNO2/c1-16(10-20,11-7-8-13(18)12(17)9-11)19-14-5-3-4-6-15(14)21-2/h3-9,19-20H,10H2,1-2H3. The lowest BCUT2D eigenvalue weighted by molar-refractivity contribution is 0.223. The lowest BCUT2D eigenvalue weighted by Crippen LogP contribution is -2.36. The van der Waals surface area contributed by atoms with Crippen molar-refractivity contribution < 1.29 is 14.2 Å². The summed E-state index contributed by atoms with van der Waals surface area (Å²) in [5, 5.41) is 13.1. The van der Waals surface area contributed by atoms with Crippen molar-refractivity contribution in [1.82, 2.24) is 0 Å². The van der Waals surface area contributed by atoms with Crippen LogP contribution in [0, 0.1) is 5.82 Å². The number of hydrogen-bond acceptors (Lipinski definition) is 3. The summed E-state index contributed by atoms with van der Waals surface area (Å²) in [7, 11) is 1.59. The number of rotatable bonds is 5. The summed E-state index contributed by atoms with van der Waals surface area (Å²) >= 11 is 3.17. The highest BCUT2D eigenvalue weighted by molar-refractivity contribution is 9.10. The largest absolute Gasteiger partial charge is 0.495 e. The van der Waals surface area contributed by atoms with Crippen LogP contribution < -0.4 is 10.1 Å². The van der Waals surface area contributed by atoms with Crippen LogP contribution in [-0.4, -0.2) is 18.8 Å². The lowest BCUT2D eigenvalue weighted by Gasteiger charge is -2.31. The van der Waals surface area contributed by atoms with Gasteiger partial charge in [-0.05, 0) is 52.7 Å². The highest BCUT2D eigenvalue weighted by Gasteiger charge is 2.27. The number of methoxy groups -OCH3 is 1. The SMILES string of the molecule is COc1ccccc1NC(C)(CO)c1ccc(F)c(Br)c1. The molecule has 0 radical (unpaired) electrons. The Morgan fingerprint density at radius 2 is 2.00 bits per heavy atom. The molecule has 2 rings (SSSR count). The van der Waals surface area contributed by atoms with Crippen LogP contribution in [0.5, 0.6) is 5.75 Å². The summed E-state index contributed by atoms with van der Waals surface area (Å²) in [4.78, 5) is 0. The van der Waals surface area contributed by atoms with Crippen molar-refractivity contribution >= 4 is 21.6 Å². The fourth-order valence-electron chi connectivity index (χ4n) is 2.09. The highest BCUT2D eigenvalue weighted by atomic mass is 79.9. The van der Waals surface area contributed by atoms with Gasteiger partial charge < -0.3 is 15.2 Å². The molecular weight excluding hydrogens is 337 g/mol. The monoisotopic (exact) mass is 353 g/mol. The van der Waals surface area contributed by atoms with Crippen molar-refractivity contribution in [1.29, 1.82) is 0 Å². The van der Waals surface area contributed by atoms with Crippen molar-refractivity contribution in [3.05, 3.63) is 58.3 Å². The van der Waals surface area contributed by atoms with E-state index >= 15 is 0 Å². The molecule has 0 saturated heterocycles. The molecule has 21 heavy (non-hydrogen) atoms. The van der Waals surface area contributed by atoms with E-state index in [0.29, 0.717) is 10.2 Å². The van der Waals surface area contributed by atoms with E-state index in [1.807, 2.05) is 31.2 Å². The maximum absolute atomic E-state index is 13.4. The Labute approximate surface area is 131 Å². The molecule has 112 valence electrons. The Kier molecular flexibility index (Phi) is 4.85. The predicted octanol–water partition coefficient (Wildman–Crippen LogP) is 3.92. The van der Waals surface area contributed by atoms with E-state index in [-0.39, 0.29) is 12.4 Å². The van der Waals surface area contributed by atoms with Gasteiger partial charge in [-0.15, -0.1) is 0 Å². The molecule has 2 aromatic carbocycles. The summed E-state index contributed by atoms with van der Waals surface area (Å²) in [6.45, 7) is 1.70. The Morgan fingerprint density at radius 1 is 1.29 bits per heavy atom. The molecule has 0 aliphatic heterocycles. The van der Waals surface area contributed by atoms with Gasteiger partial charge in [-0.2, -0.15) is 0 Å². The van der Waals surface area contributed by atoms with Crippen LogP contribution in [0.15, 0.2) is 46.9 Å². The molecule has 0 fully saturated rings. The fourth-order valence-corrected chi connectivity index (χ4v) is 2.47. The van der Waals surface area contributed by atoms with E-state index in [1.165, 1.54) is 6.07 Å². The first-order chi connectivity index (χ1) is 10.00. The number of hydrogen-bond donors (Lipinski definition) is 2. The van der Waals surface area contributed by atoms with E-state index in [1.54, 1.807) is 19.2 Å². The van der Waals surface area contributed by atoms with Crippen LogP contribution in [-0.2, 0) is 5.54 Å². The second kappa shape index (κ2) is 6.45. The molecule has 0 amide bonds. The van der Waals surface area contributed by atoms with Crippen LogP contribution in [0.25, 0.3) is 0 Å². The Hall–Kier alpha value is -1.59.